The van der Waals surface area contributed by atoms with Crippen molar-refractivity contribution in [3.63, 3.8) is 0 Å². The average molecular weight is 592 g/mol. The summed E-state index contributed by atoms with van der Waals surface area (Å²) in [6.07, 6.45) is -6.52. The SMILES string of the molecule is CCOC(=O)C[C@H](O)[C@@]1(OC)O[C@@H](N=[N+]=[N-])[C@H](OCc2ccccc2)[C@@H](OCc2ccccc2)[C@@H]1OCc1ccccc1. The Balaban J connectivity index is 1.76. The molecule has 0 aromatic heterocycles. The van der Waals surface area contributed by atoms with Gasteiger partial charge in [0.25, 0.3) is 0 Å². The van der Waals surface area contributed by atoms with Crippen molar-refractivity contribution in [3.05, 3.63) is 118 Å². The van der Waals surface area contributed by atoms with E-state index >= 15 is 0 Å². The molecular formula is C32H37N3O8. The van der Waals surface area contributed by atoms with Gasteiger partial charge in [0.1, 0.15) is 24.4 Å². The predicted octanol–water partition coefficient (Wildman–Crippen LogP) is 5.07. The lowest BCUT2D eigenvalue weighted by molar-refractivity contribution is -0.395. The van der Waals surface area contributed by atoms with Crippen molar-refractivity contribution >= 4 is 5.97 Å². The lowest BCUT2D eigenvalue weighted by Gasteiger charge is -2.52. The number of benzene rings is 3. The maximum Gasteiger partial charge on any atom is 0.308 e. The summed E-state index contributed by atoms with van der Waals surface area (Å²) in [5.41, 5.74) is 12.1. The molecule has 0 spiro atoms. The molecule has 228 valence electrons. The molecule has 0 amide bonds. The highest BCUT2D eigenvalue weighted by Gasteiger charge is 2.61. The standard InChI is InChI=1S/C32H37N3O8/c1-3-39-27(37)19-26(36)32(38-2)30(42-22-25-17-11-6-12-18-25)28(40-20-23-13-7-4-8-14-23)29(31(43-32)34-35-33)41-21-24-15-9-5-10-16-24/h4-18,26,28-31,36H,3,19-22H2,1-2H3/t26-,28+,29+,30-,31+,32+/m0/s1. The number of methoxy groups -OCH3 is 1. The van der Waals surface area contributed by atoms with Crippen LogP contribution in [0.1, 0.15) is 30.0 Å². The monoisotopic (exact) mass is 591 g/mol. The second kappa shape index (κ2) is 16.2. The van der Waals surface area contributed by atoms with Gasteiger partial charge in [0, 0.05) is 12.0 Å². The Hall–Kier alpha value is -3.80. The molecule has 3 aromatic rings. The molecule has 0 bridgehead atoms. The minimum atomic E-state index is -2.01. The largest absolute Gasteiger partial charge is 0.466 e. The first-order chi connectivity index (χ1) is 21.0. The zero-order chi connectivity index (χ0) is 30.5. The van der Waals surface area contributed by atoms with Crippen LogP contribution in [0.15, 0.2) is 96.1 Å². The molecule has 1 fully saturated rings. The van der Waals surface area contributed by atoms with Crippen molar-refractivity contribution in [1.82, 2.24) is 0 Å². The Morgan fingerprint density at radius 1 is 0.884 bits per heavy atom. The third-order valence-corrected chi connectivity index (χ3v) is 7.06. The van der Waals surface area contributed by atoms with Crippen molar-refractivity contribution in [2.24, 2.45) is 5.11 Å². The first-order valence-corrected chi connectivity index (χ1v) is 14.1. The van der Waals surface area contributed by atoms with E-state index in [-0.39, 0.29) is 26.4 Å². The molecule has 0 aliphatic carbocycles. The van der Waals surface area contributed by atoms with E-state index in [1.54, 1.807) is 6.92 Å². The van der Waals surface area contributed by atoms with Crippen LogP contribution < -0.4 is 0 Å². The molecule has 11 heteroatoms. The summed E-state index contributed by atoms with van der Waals surface area (Å²) in [7, 11) is 1.32. The highest BCUT2D eigenvalue weighted by Crippen LogP contribution is 2.41. The van der Waals surface area contributed by atoms with Gasteiger partial charge in [-0.1, -0.05) is 96.1 Å². The van der Waals surface area contributed by atoms with Gasteiger partial charge in [0.15, 0.2) is 6.23 Å². The first kappa shape index (κ1) is 32.1. The maximum absolute atomic E-state index is 12.5. The Kier molecular flexibility index (Phi) is 12.1. The zero-order valence-corrected chi connectivity index (χ0v) is 24.2. The Bertz CT molecular complexity index is 1310. The molecule has 1 aliphatic heterocycles. The van der Waals surface area contributed by atoms with Crippen LogP contribution in [0.5, 0.6) is 0 Å². The van der Waals surface area contributed by atoms with E-state index in [0.717, 1.165) is 16.7 Å². The lowest BCUT2D eigenvalue weighted by Crippen LogP contribution is -2.70. The van der Waals surface area contributed by atoms with Crippen LogP contribution in [0.3, 0.4) is 0 Å². The molecule has 3 aromatic carbocycles. The molecule has 6 atom stereocenters. The molecule has 1 heterocycles. The van der Waals surface area contributed by atoms with Gasteiger partial charge in [-0.25, -0.2) is 0 Å². The number of hydrogen-bond acceptors (Lipinski definition) is 9. The van der Waals surface area contributed by atoms with Gasteiger partial charge in [-0.05, 0) is 29.1 Å². The van der Waals surface area contributed by atoms with E-state index in [1.165, 1.54) is 7.11 Å². The van der Waals surface area contributed by atoms with Crippen molar-refractivity contribution in [1.29, 1.82) is 0 Å². The highest BCUT2D eigenvalue weighted by atomic mass is 16.7. The molecule has 1 N–H and O–H groups in total. The van der Waals surface area contributed by atoms with Gasteiger partial charge in [-0.2, -0.15) is 0 Å². The van der Waals surface area contributed by atoms with Crippen molar-refractivity contribution in [2.45, 2.75) is 69.6 Å². The van der Waals surface area contributed by atoms with E-state index in [1.807, 2.05) is 91.0 Å². The third-order valence-electron chi connectivity index (χ3n) is 7.06. The number of nitrogens with zero attached hydrogens (tertiary/aromatic N) is 3. The van der Waals surface area contributed by atoms with Gasteiger partial charge in [0.2, 0.25) is 5.79 Å². The topological polar surface area (TPSA) is 141 Å². The summed E-state index contributed by atoms with van der Waals surface area (Å²) < 4.78 is 36.5. The number of carbonyl (C=O) groups excluding carboxylic acids is 1. The van der Waals surface area contributed by atoms with Crippen LogP contribution in [0.2, 0.25) is 0 Å². The number of ether oxygens (including phenoxy) is 6. The molecule has 0 radical (unpaired) electrons. The van der Waals surface area contributed by atoms with Gasteiger partial charge in [0.05, 0.1) is 32.8 Å². The maximum atomic E-state index is 12.5. The number of hydrogen-bond donors (Lipinski definition) is 1. The fraction of sp³-hybridized carbons (Fsp3) is 0.406. The van der Waals surface area contributed by atoms with Crippen LogP contribution in [0, 0.1) is 0 Å². The number of esters is 1. The van der Waals surface area contributed by atoms with Crippen molar-refractivity contribution < 1.29 is 38.3 Å². The third kappa shape index (κ3) is 8.40. The summed E-state index contributed by atoms with van der Waals surface area (Å²) in [6, 6.07) is 28.4. The Morgan fingerprint density at radius 2 is 1.37 bits per heavy atom. The molecule has 1 saturated heterocycles. The van der Waals surface area contributed by atoms with Crippen LogP contribution in [-0.4, -0.2) is 61.2 Å². The smallest absolute Gasteiger partial charge is 0.308 e. The predicted molar refractivity (Wildman–Crippen MR) is 156 cm³/mol. The van der Waals surface area contributed by atoms with Crippen LogP contribution >= 0.6 is 0 Å². The van der Waals surface area contributed by atoms with Crippen LogP contribution in [-0.2, 0) is 53.0 Å². The Morgan fingerprint density at radius 3 is 1.84 bits per heavy atom. The van der Waals surface area contributed by atoms with E-state index in [0.29, 0.717) is 0 Å². The molecule has 0 saturated carbocycles. The Labute approximate surface area is 250 Å². The number of azide groups is 1. The van der Waals surface area contributed by atoms with Gasteiger partial charge in [-0.15, -0.1) is 0 Å². The summed E-state index contributed by atoms with van der Waals surface area (Å²) in [5, 5.41) is 15.4. The minimum absolute atomic E-state index is 0.0922. The van der Waals surface area contributed by atoms with Gasteiger partial charge >= 0.3 is 5.97 Å². The summed E-state index contributed by atoms with van der Waals surface area (Å²) in [4.78, 5) is 15.5. The lowest BCUT2D eigenvalue weighted by atomic mass is 9.89. The van der Waals surface area contributed by atoms with E-state index in [4.69, 9.17) is 28.4 Å². The minimum Gasteiger partial charge on any atom is -0.466 e. The van der Waals surface area contributed by atoms with Crippen molar-refractivity contribution in [2.75, 3.05) is 13.7 Å². The van der Waals surface area contributed by atoms with Gasteiger partial charge < -0.3 is 33.5 Å². The van der Waals surface area contributed by atoms with E-state index in [9.17, 15) is 15.4 Å². The summed E-state index contributed by atoms with van der Waals surface area (Å²) in [5.74, 6) is -2.67. The quantitative estimate of drug-likeness (QED) is 0.112. The number of carbonyl (C=O) groups is 1. The molecular weight excluding hydrogens is 554 g/mol. The highest BCUT2D eigenvalue weighted by molar-refractivity contribution is 5.70. The second-order valence-electron chi connectivity index (χ2n) is 9.90. The fourth-order valence-corrected chi connectivity index (χ4v) is 4.98. The van der Waals surface area contributed by atoms with Crippen molar-refractivity contribution in [3.8, 4) is 0 Å². The number of aliphatic hydroxyl groups is 1. The van der Waals surface area contributed by atoms with E-state index < -0.39 is 48.8 Å². The normalized spacial score (nSPS) is 24.1. The molecule has 1 aliphatic rings. The number of rotatable bonds is 15. The molecule has 0 unspecified atom stereocenters. The molecule has 4 rings (SSSR count). The fourth-order valence-electron chi connectivity index (χ4n) is 4.98. The van der Waals surface area contributed by atoms with E-state index in [2.05, 4.69) is 10.0 Å². The average Bonchev–Trinajstić information content (AvgIpc) is 3.04. The number of aliphatic hydroxyl groups excluding tert-OH is 1. The summed E-state index contributed by atoms with van der Waals surface area (Å²) >= 11 is 0. The van der Waals surface area contributed by atoms with Crippen LogP contribution in [0.25, 0.3) is 10.4 Å². The molecule has 43 heavy (non-hydrogen) atoms. The molecule has 11 nitrogen and oxygen atoms in total. The summed E-state index contributed by atoms with van der Waals surface area (Å²) in [6.45, 7) is 2.17. The zero-order valence-electron chi connectivity index (χ0n) is 24.2. The first-order valence-electron chi connectivity index (χ1n) is 14.1. The van der Waals surface area contributed by atoms with Crippen LogP contribution in [0.4, 0.5) is 0 Å². The second-order valence-corrected chi connectivity index (χ2v) is 9.90. The van der Waals surface area contributed by atoms with Gasteiger partial charge in [-0.3, -0.25) is 4.79 Å².